The first kappa shape index (κ1) is 11.5. The minimum absolute atomic E-state index is 0.429. The molecule has 0 amide bonds. The van der Waals surface area contributed by atoms with E-state index in [1.54, 1.807) is 0 Å². The molecule has 16 heavy (non-hydrogen) atoms. The van der Waals surface area contributed by atoms with Crippen LogP contribution in [0.5, 0.6) is 11.5 Å². The molecule has 0 unspecified atom stereocenters. The van der Waals surface area contributed by atoms with Crippen LogP contribution in [0.15, 0.2) is 6.07 Å². The first-order valence-corrected chi connectivity index (χ1v) is 5.51. The topological polar surface area (TPSA) is 53.7 Å². The summed E-state index contributed by atoms with van der Waals surface area (Å²) in [6, 6.07) is 1.89. The van der Waals surface area contributed by atoms with E-state index in [0.717, 1.165) is 22.6 Å². The Balaban J connectivity index is 2.36. The maximum atomic E-state index is 6.23. The number of hydrogen-bond acceptors (Lipinski definition) is 4. The van der Waals surface area contributed by atoms with Gasteiger partial charge in [-0.2, -0.15) is 0 Å². The Morgan fingerprint density at radius 3 is 2.94 bits per heavy atom. The molecule has 5 heteroatoms. The second kappa shape index (κ2) is 4.91. The van der Waals surface area contributed by atoms with Gasteiger partial charge >= 0.3 is 0 Å². The molecule has 0 saturated heterocycles. The minimum Gasteiger partial charge on any atom is -0.486 e. The highest BCUT2D eigenvalue weighted by Crippen LogP contribution is 2.39. The molecular formula is C11H14ClNO3. The Hall–Kier alpha value is -0.970. The van der Waals surface area contributed by atoms with Crippen LogP contribution in [-0.2, 0) is 11.3 Å². The summed E-state index contributed by atoms with van der Waals surface area (Å²) in [6.07, 6.45) is 0.660. The van der Waals surface area contributed by atoms with E-state index in [4.69, 9.17) is 27.0 Å². The molecule has 88 valence electrons. The number of benzene rings is 1. The van der Waals surface area contributed by atoms with Gasteiger partial charge in [0.05, 0.1) is 11.6 Å². The largest absolute Gasteiger partial charge is 0.486 e. The Kier molecular flexibility index (Phi) is 3.53. The fraction of sp³-hybridized carbons (Fsp3) is 0.455. The van der Waals surface area contributed by atoms with Crippen LogP contribution in [0.2, 0.25) is 5.02 Å². The molecule has 0 bridgehead atoms. The van der Waals surface area contributed by atoms with Gasteiger partial charge in [0.2, 0.25) is 0 Å². The van der Waals surface area contributed by atoms with Crippen molar-refractivity contribution in [3.05, 3.63) is 22.2 Å². The van der Waals surface area contributed by atoms with Crippen LogP contribution >= 0.6 is 11.6 Å². The number of hydrogen-bond donors (Lipinski definition) is 1. The van der Waals surface area contributed by atoms with Crippen molar-refractivity contribution in [3.63, 3.8) is 0 Å². The summed E-state index contributed by atoms with van der Waals surface area (Å²) < 4.78 is 11.1. The third-order valence-electron chi connectivity index (χ3n) is 2.56. The molecule has 2 rings (SSSR count). The molecular weight excluding hydrogens is 230 g/mol. The average molecular weight is 244 g/mol. The lowest BCUT2D eigenvalue weighted by Crippen LogP contribution is -2.17. The number of rotatable bonds is 3. The summed E-state index contributed by atoms with van der Waals surface area (Å²) in [5.74, 6) is 6.50. The second-order valence-corrected chi connectivity index (χ2v) is 4.00. The molecule has 4 nitrogen and oxygen atoms in total. The normalized spacial score (nSPS) is 13.9. The molecule has 0 fully saturated rings. The van der Waals surface area contributed by atoms with Crippen LogP contribution in [0, 0.1) is 6.92 Å². The molecule has 1 aliphatic heterocycles. The summed E-state index contributed by atoms with van der Waals surface area (Å²) in [5, 5.41) is 0.696. The van der Waals surface area contributed by atoms with Gasteiger partial charge in [0.15, 0.2) is 11.5 Å². The molecule has 1 heterocycles. The molecule has 1 aliphatic rings. The van der Waals surface area contributed by atoms with Crippen molar-refractivity contribution < 1.29 is 14.3 Å². The predicted octanol–water partition coefficient (Wildman–Crippen LogP) is 1.85. The smallest absolute Gasteiger partial charge is 0.165 e. The molecule has 0 saturated carbocycles. The second-order valence-electron chi connectivity index (χ2n) is 3.62. The number of nitrogens with two attached hydrogens (primary N) is 1. The predicted molar refractivity (Wildman–Crippen MR) is 61.0 cm³/mol. The fourth-order valence-corrected chi connectivity index (χ4v) is 1.98. The summed E-state index contributed by atoms with van der Waals surface area (Å²) >= 11 is 6.23. The monoisotopic (exact) mass is 243 g/mol. The third-order valence-corrected chi connectivity index (χ3v) is 3.08. The van der Waals surface area contributed by atoms with E-state index in [1.165, 1.54) is 0 Å². The van der Waals surface area contributed by atoms with Crippen LogP contribution in [0.1, 0.15) is 11.1 Å². The van der Waals surface area contributed by atoms with Gasteiger partial charge in [-0.1, -0.05) is 11.6 Å². The van der Waals surface area contributed by atoms with Gasteiger partial charge in [-0.3, -0.25) is 0 Å². The number of fused-ring (bicyclic) bond motifs is 1. The van der Waals surface area contributed by atoms with E-state index in [2.05, 4.69) is 4.84 Å². The Bertz CT molecular complexity index is 395. The van der Waals surface area contributed by atoms with Crippen LogP contribution in [-0.4, -0.2) is 19.8 Å². The number of ether oxygens (including phenoxy) is 2. The van der Waals surface area contributed by atoms with E-state index >= 15 is 0 Å². The van der Waals surface area contributed by atoms with Crippen molar-refractivity contribution in [2.75, 3.05) is 19.8 Å². The molecule has 0 atom stereocenters. The number of halogens is 1. The lowest BCUT2D eigenvalue weighted by molar-refractivity contribution is 0.141. The molecule has 1 aromatic rings. The molecule has 0 aromatic heterocycles. The van der Waals surface area contributed by atoms with Gasteiger partial charge < -0.3 is 14.3 Å². The van der Waals surface area contributed by atoms with Gasteiger partial charge in [0.25, 0.3) is 0 Å². The summed E-state index contributed by atoms with van der Waals surface area (Å²) in [6.45, 7) is 3.48. The maximum absolute atomic E-state index is 6.23. The Morgan fingerprint density at radius 2 is 2.19 bits per heavy atom. The quantitative estimate of drug-likeness (QED) is 0.824. The van der Waals surface area contributed by atoms with Crippen molar-refractivity contribution in [1.82, 2.24) is 0 Å². The summed E-state index contributed by atoms with van der Waals surface area (Å²) in [7, 11) is 0. The maximum Gasteiger partial charge on any atom is 0.165 e. The van der Waals surface area contributed by atoms with Crippen molar-refractivity contribution in [1.29, 1.82) is 0 Å². The van der Waals surface area contributed by atoms with Crippen molar-refractivity contribution >= 4 is 11.6 Å². The lowest BCUT2D eigenvalue weighted by atomic mass is 10.1. The van der Waals surface area contributed by atoms with Crippen molar-refractivity contribution in [2.24, 2.45) is 5.90 Å². The highest BCUT2D eigenvalue weighted by Gasteiger charge is 2.19. The highest BCUT2D eigenvalue weighted by atomic mass is 35.5. The first-order valence-electron chi connectivity index (χ1n) is 5.13. The van der Waals surface area contributed by atoms with Gasteiger partial charge in [0, 0.05) is 5.56 Å². The van der Waals surface area contributed by atoms with Gasteiger partial charge in [-0.05, 0) is 25.0 Å². The summed E-state index contributed by atoms with van der Waals surface area (Å²) in [5.41, 5.74) is 1.87. The van der Waals surface area contributed by atoms with Gasteiger partial charge in [0.1, 0.15) is 13.2 Å². The molecule has 1 aromatic carbocycles. The van der Waals surface area contributed by atoms with Crippen molar-refractivity contribution in [3.8, 4) is 11.5 Å². The van der Waals surface area contributed by atoms with Crippen LogP contribution in [0.3, 0.4) is 0 Å². The minimum atomic E-state index is 0.429. The Labute approximate surface area is 99.2 Å². The lowest BCUT2D eigenvalue weighted by Gasteiger charge is -2.22. The fourth-order valence-electron chi connectivity index (χ4n) is 1.75. The van der Waals surface area contributed by atoms with E-state index in [0.29, 0.717) is 31.3 Å². The van der Waals surface area contributed by atoms with Crippen molar-refractivity contribution in [2.45, 2.75) is 13.3 Å². The zero-order valence-corrected chi connectivity index (χ0v) is 9.84. The van der Waals surface area contributed by atoms with Crippen LogP contribution < -0.4 is 15.4 Å². The zero-order chi connectivity index (χ0) is 11.5. The molecule has 0 aliphatic carbocycles. The van der Waals surface area contributed by atoms with Crippen LogP contribution in [0.4, 0.5) is 0 Å². The van der Waals surface area contributed by atoms with Gasteiger partial charge in [-0.25, -0.2) is 5.90 Å². The summed E-state index contributed by atoms with van der Waals surface area (Å²) in [4.78, 5) is 4.55. The first-order chi connectivity index (χ1) is 7.74. The van der Waals surface area contributed by atoms with E-state index < -0.39 is 0 Å². The zero-order valence-electron chi connectivity index (χ0n) is 9.09. The highest BCUT2D eigenvalue weighted by molar-refractivity contribution is 6.32. The van der Waals surface area contributed by atoms with Gasteiger partial charge in [-0.15, -0.1) is 0 Å². The molecule has 0 spiro atoms. The Morgan fingerprint density at radius 1 is 1.44 bits per heavy atom. The van der Waals surface area contributed by atoms with Crippen LogP contribution in [0.25, 0.3) is 0 Å². The third kappa shape index (κ3) is 2.09. The molecule has 2 N–H and O–H groups in total. The molecule has 0 radical (unpaired) electrons. The van der Waals surface area contributed by atoms with E-state index in [-0.39, 0.29) is 0 Å². The standard InChI is InChI=1S/C11H14ClNO3/c1-7-10(12)8(2-3-16-13)6-9-11(7)15-5-4-14-9/h6H,2-5,13H2,1H3. The van der Waals surface area contributed by atoms with E-state index in [1.807, 2.05) is 13.0 Å². The average Bonchev–Trinajstić information content (AvgIpc) is 2.32. The SMILES string of the molecule is Cc1c(Cl)c(CCON)cc2c1OCCO2. The van der Waals surface area contributed by atoms with E-state index in [9.17, 15) is 0 Å².